The molecule has 2 aromatic rings. The molecule has 0 spiro atoms. The summed E-state index contributed by atoms with van der Waals surface area (Å²) in [4.78, 5) is 24.3. The van der Waals surface area contributed by atoms with Gasteiger partial charge in [0.1, 0.15) is 6.54 Å². The van der Waals surface area contributed by atoms with Crippen LogP contribution in [0.25, 0.3) is 0 Å². The summed E-state index contributed by atoms with van der Waals surface area (Å²) in [7, 11) is -2.58. The van der Waals surface area contributed by atoms with Crippen molar-refractivity contribution in [3.63, 3.8) is 0 Å². The maximum Gasteiger partial charge on any atom is 0.322 e. The Morgan fingerprint density at radius 3 is 2.36 bits per heavy atom. The second-order valence-electron chi connectivity index (χ2n) is 6.18. The third kappa shape index (κ3) is 5.54. The molecule has 1 unspecified atom stereocenters. The zero-order chi connectivity index (χ0) is 20.9. The number of halogens is 1. The summed E-state index contributed by atoms with van der Waals surface area (Å²) >= 11 is 5.97. The van der Waals surface area contributed by atoms with E-state index in [0.717, 1.165) is 9.87 Å². The normalized spacial score (nSPS) is 12.5. The third-order valence-electron chi connectivity index (χ3n) is 3.89. The number of nitrogens with zero attached hydrogens (tertiary/aromatic N) is 1. The lowest BCUT2D eigenvalue weighted by molar-refractivity contribution is -0.153. The van der Waals surface area contributed by atoms with Crippen LogP contribution in [-0.4, -0.2) is 44.3 Å². The second kappa shape index (κ2) is 9.18. The number of esters is 1. The highest BCUT2D eigenvalue weighted by molar-refractivity contribution is 7.89. The van der Waals surface area contributed by atoms with E-state index < -0.39 is 34.5 Å². The standard InChI is InChI=1S/C19H21ClN2O5S/c1-13-8-10-15(11-9-13)28(25,26)22(3)12-18(23)27-14(2)19(24)21-17-7-5-4-6-16(17)20/h4-11,14H,12H2,1-3H3,(H,21,24). The predicted molar refractivity (Wildman–Crippen MR) is 107 cm³/mol. The molecule has 0 aliphatic heterocycles. The minimum atomic E-state index is -3.85. The Bertz CT molecular complexity index is 961. The first-order chi connectivity index (χ1) is 13.1. The van der Waals surface area contributed by atoms with Crippen molar-refractivity contribution in [2.75, 3.05) is 18.9 Å². The van der Waals surface area contributed by atoms with Crippen LogP contribution in [0, 0.1) is 6.92 Å². The highest BCUT2D eigenvalue weighted by Crippen LogP contribution is 2.21. The van der Waals surface area contributed by atoms with Crippen LogP contribution in [0.5, 0.6) is 0 Å². The number of hydrogen-bond acceptors (Lipinski definition) is 5. The summed E-state index contributed by atoms with van der Waals surface area (Å²) < 4.78 is 30.9. The molecule has 0 aliphatic rings. The molecule has 150 valence electrons. The number of carbonyl (C=O) groups excluding carboxylic acids is 2. The molecule has 0 saturated heterocycles. The van der Waals surface area contributed by atoms with Crippen LogP contribution in [0.2, 0.25) is 5.02 Å². The van der Waals surface area contributed by atoms with Crippen LogP contribution in [0.4, 0.5) is 5.69 Å². The Morgan fingerprint density at radius 1 is 1.14 bits per heavy atom. The van der Waals surface area contributed by atoms with Crippen LogP contribution in [-0.2, 0) is 24.3 Å². The van der Waals surface area contributed by atoms with Crippen molar-refractivity contribution in [1.29, 1.82) is 0 Å². The molecule has 0 radical (unpaired) electrons. The van der Waals surface area contributed by atoms with Crippen molar-refractivity contribution >= 4 is 39.2 Å². The highest BCUT2D eigenvalue weighted by atomic mass is 35.5. The maximum absolute atomic E-state index is 12.5. The van der Waals surface area contributed by atoms with Crippen LogP contribution in [0.15, 0.2) is 53.4 Å². The number of anilines is 1. The number of ether oxygens (including phenoxy) is 1. The number of hydrogen-bond donors (Lipinski definition) is 1. The number of benzene rings is 2. The zero-order valence-corrected chi connectivity index (χ0v) is 17.3. The summed E-state index contributed by atoms with van der Waals surface area (Å²) in [5.41, 5.74) is 1.30. The minimum Gasteiger partial charge on any atom is -0.452 e. The van der Waals surface area contributed by atoms with Crippen LogP contribution >= 0.6 is 11.6 Å². The minimum absolute atomic E-state index is 0.0675. The van der Waals surface area contributed by atoms with Gasteiger partial charge in [0.2, 0.25) is 10.0 Å². The van der Waals surface area contributed by atoms with E-state index in [0.29, 0.717) is 10.7 Å². The van der Waals surface area contributed by atoms with Crippen molar-refractivity contribution in [2.45, 2.75) is 24.8 Å². The lowest BCUT2D eigenvalue weighted by Gasteiger charge is -2.18. The fraction of sp³-hybridized carbons (Fsp3) is 0.263. The fourth-order valence-corrected chi connectivity index (χ4v) is 3.54. The first kappa shape index (κ1) is 21.9. The van der Waals surface area contributed by atoms with Gasteiger partial charge in [-0.05, 0) is 38.1 Å². The monoisotopic (exact) mass is 424 g/mol. The molecular formula is C19H21ClN2O5S. The fourth-order valence-electron chi connectivity index (χ4n) is 2.24. The molecule has 9 heteroatoms. The Hall–Kier alpha value is -2.42. The topological polar surface area (TPSA) is 92.8 Å². The van der Waals surface area contributed by atoms with E-state index in [9.17, 15) is 18.0 Å². The average molecular weight is 425 g/mol. The second-order valence-corrected chi connectivity index (χ2v) is 8.63. The number of likely N-dealkylation sites (N-methyl/N-ethyl adjacent to an activating group) is 1. The molecule has 28 heavy (non-hydrogen) atoms. The molecule has 2 rings (SSSR count). The largest absolute Gasteiger partial charge is 0.452 e. The summed E-state index contributed by atoms with van der Waals surface area (Å²) in [6.45, 7) is 2.70. The first-order valence-corrected chi connectivity index (χ1v) is 10.2. The van der Waals surface area contributed by atoms with Crippen LogP contribution in [0.1, 0.15) is 12.5 Å². The van der Waals surface area contributed by atoms with Gasteiger partial charge in [0, 0.05) is 7.05 Å². The van der Waals surface area contributed by atoms with Crippen molar-refractivity contribution in [3.05, 3.63) is 59.1 Å². The average Bonchev–Trinajstić information content (AvgIpc) is 2.63. The molecule has 0 fully saturated rings. The number of amides is 1. The van der Waals surface area contributed by atoms with Crippen molar-refractivity contribution < 1.29 is 22.7 Å². The van der Waals surface area contributed by atoms with E-state index in [1.807, 2.05) is 6.92 Å². The van der Waals surface area contributed by atoms with Crippen LogP contribution < -0.4 is 5.32 Å². The lowest BCUT2D eigenvalue weighted by atomic mass is 10.2. The van der Waals surface area contributed by atoms with E-state index in [1.54, 1.807) is 36.4 Å². The quantitative estimate of drug-likeness (QED) is 0.690. The van der Waals surface area contributed by atoms with Gasteiger partial charge in [0.25, 0.3) is 5.91 Å². The molecule has 0 heterocycles. The molecule has 0 bridgehead atoms. The number of sulfonamides is 1. The Balaban J connectivity index is 1.95. The zero-order valence-electron chi connectivity index (χ0n) is 15.7. The van der Waals surface area contributed by atoms with Gasteiger partial charge in [-0.2, -0.15) is 4.31 Å². The van der Waals surface area contributed by atoms with E-state index in [1.165, 1.54) is 26.1 Å². The van der Waals surface area contributed by atoms with Crippen molar-refractivity contribution in [1.82, 2.24) is 4.31 Å². The molecule has 1 amide bonds. The summed E-state index contributed by atoms with van der Waals surface area (Å²) in [6.07, 6.45) is -1.13. The lowest BCUT2D eigenvalue weighted by Crippen LogP contribution is -2.37. The molecule has 0 saturated carbocycles. The van der Waals surface area contributed by atoms with Crippen molar-refractivity contribution in [3.8, 4) is 0 Å². The van der Waals surface area contributed by atoms with Gasteiger partial charge in [-0.25, -0.2) is 8.42 Å². The number of rotatable bonds is 7. The van der Waals surface area contributed by atoms with E-state index in [2.05, 4.69) is 5.32 Å². The van der Waals surface area contributed by atoms with Gasteiger partial charge in [-0.1, -0.05) is 41.4 Å². The summed E-state index contributed by atoms with van der Waals surface area (Å²) in [5.74, 6) is -1.43. The highest BCUT2D eigenvalue weighted by Gasteiger charge is 2.25. The van der Waals surface area contributed by atoms with Gasteiger partial charge in [0.05, 0.1) is 15.6 Å². The molecule has 0 aliphatic carbocycles. The van der Waals surface area contributed by atoms with Crippen molar-refractivity contribution in [2.24, 2.45) is 0 Å². The van der Waals surface area contributed by atoms with Gasteiger partial charge < -0.3 is 10.1 Å². The van der Waals surface area contributed by atoms with E-state index in [-0.39, 0.29) is 4.90 Å². The Morgan fingerprint density at radius 2 is 1.75 bits per heavy atom. The molecule has 1 N–H and O–H groups in total. The smallest absolute Gasteiger partial charge is 0.322 e. The van der Waals surface area contributed by atoms with Gasteiger partial charge in [-0.15, -0.1) is 0 Å². The first-order valence-electron chi connectivity index (χ1n) is 8.39. The number of nitrogens with one attached hydrogen (secondary N) is 1. The third-order valence-corrected chi connectivity index (χ3v) is 6.04. The molecule has 2 aromatic carbocycles. The SMILES string of the molecule is Cc1ccc(S(=O)(=O)N(C)CC(=O)OC(C)C(=O)Nc2ccccc2Cl)cc1. The Labute approximate surface area is 169 Å². The van der Waals surface area contributed by atoms with Gasteiger partial charge in [-0.3, -0.25) is 9.59 Å². The van der Waals surface area contributed by atoms with Gasteiger partial charge >= 0.3 is 5.97 Å². The summed E-state index contributed by atoms with van der Waals surface area (Å²) in [5, 5.41) is 2.90. The van der Waals surface area contributed by atoms with E-state index >= 15 is 0 Å². The van der Waals surface area contributed by atoms with Crippen LogP contribution in [0.3, 0.4) is 0 Å². The molecule has 1 atom stereocenters. The molecule has 7 nitrogen and oxygen atoms in total. The maximum atomic E-state index is 12.5. The predicted octanol–water partition coefficient (Wildman–Crippen LogP) is 2.84. The van der Waals surface area contributed by atoms with Gasteiger partial charge in [0.15, 0.2) is 6.10 Å². The number of para-hydroxylation sites is 1. The molecule has 0 aromatic heterocycles. The Kier molecular flexibility index (Phi) is 7.17. The van der Waals surface area contributed by atoms with E-state index in [4.69, 9.17) is 16.3 Å². The molecular weight excluding hydrogens is 404 g/mol. The number of aryl methyl sites for hydroxylation is 1. The number of carbonyl (C=O) groups is 2. The summed E-state index contributed by atoms with van der Waals surface area (Å²) in [6, 6.07) is 12.9.